The molecule has 0 amide bonds. The molecule has 1 N–H and O–H groups in total. The van der Waals surface area contributed by atoms with Crippen LogP contribution in [0.5, 0.6) is 0 Å². The third-order valence-corrected chi connectivity index (χ3v) is 3.46. The van der Waals surface area contributed by atoms with E-state index >= 15 is 0 Å². The molecule has 0 bridgehead atoms. The number of nitrogens with zero attached hydrogens (tertiary/aromatic N) is 1. The van der Waals surface area contributed by atoms with Crippen molar-refractivity contribution in [3.05, 3.63) is 0 Å². The van der Waals surface area contributed by atoms with E-state index in [-0.39, 0.29) is 6.61 Å². The topological polar surface area (TPSA) is 32.7 Å². The molecule has 1 unspecified atom stereocenters. The van der Waals surface area contributed by atoms with Crippen LogP contribution in [0.4, 0.5) is 0 Å². The summed E-state index contributed by atoms with van der Waals surface area (Å²) in [6, 6.07) is 0. The first-order chi connectivity index (χ1) is 7.83. The highest BCUT2D eigenvalue weighted by Crippen LogP contribution is 2.22. The molecule has 0 aromatic heterocycles. The summed E-state index contributed by atoms with van der Waals surface area (Å²) in [5.74, 6) is 0.933. The molecule has 3 heteroatoms. The summed E-state index contributed by atoms with van der Waals surface area (Å²) in [7, 11) is 2.23. The minimum absolute atomic E-state index is 0.148. The van der Waals surface area contributed by atoms with Crippen molar-refractivity contribution in [2.75, 3.05) is 40.0 Å². The van der Waals surface area contributed by atoms with Crippen LogP contribution in [0.1, 0.15) is 38.5 Å². The second-order valence-corrected chi connectivity index (χ2v) is 4.93. The van der Waals surface area contributed by atoms with Crippen molar-refractivity contribution in [1.82, 2.24) is 4.90 Å². The standard InChI is InChI=1S/C13H27NO2/c1-14-8-4-6-13(7-9-14)5-2-3-11-16-12-10-15/h13,15H,2-12H2,1H3. The van der Waals surface area contributed by atoms with Gasteiger partial charge in [-0.25, -0.2) is 0 Å². The van der Waals surface area contributed by atoms with Crippen molar-refractivity contribution in [2.24, 2.45) is 5.92 Å². The Morgan fingerprint density at radius 1 is 1.19 bits per heavy atom. The summed E-state index contributed by atoms with van der Waals surface area (Å²) in [5, 5.41) is 8.55. The first kappa shape index (κ1) is 13.9. The van der Waals surface area contributed by atoms with E-state index in [4.69, 9.17) is 9.84 Å². The summed E-state index contributed by atoms with van der Waals surface area (Å²) in [6.07, 6.45) is 7.92. The fourth-order valence-corrected chi connectivity index (χ4v) is 2.40. The molecule has 0 aromatic rings. The highest BCUT2D eigenvalue weighted by Gasteiger charge is 2.13. The third-order valence-electron chi connectivity index (χ3n) is 3.46. The fourth-order valence-electron chi connectivity index (χ4n) is 2.40. The van der Waals surface area contributed by atoms with Crippen LogP contribution in [-0.4, -0.2) is 50.0 Å². The van der Waals surface area contributed by atoms with Gasteiger partial charge in [0.05, 0.1) is 13.2 Å². The first-order valence-electron chi connectivity index (χ1n) is 6.70. The normalized spacial score (nSPS) is 23.2. The summed E-state index contributed by atoms with van der Waals surface area (Å²) in [6.45, 7) is 4.00. The molecule has 1 saturated heterocycles. The Bertz CT molecular complexity index is 164. The number of aliphatic hydroxyl groups excluding tert-OH is 1. The lowest BCUT2D eigenvalue weighted by Gasteiger charge is -2.14. The fraction of sp³-hybridized carbons (Fsp3) is 1.00. The van der Waals surface area contributed by atoms with E-state index in [0.29, 0.717) is 6.61 Å². The number of ether oxygens (including phenoxy) is 1. The Morgan fingerprint density at radius 2 is 2.06 bits per heavy atom. The first-order valence-corrected chi connectivity index (χ1v) is 6.70. The zero-order valence-electron chi connectivity index (χ0n) is 10.7. The number of rotatable bonds is 7. The maximum atomic E-state index is 8.55. The molecule has 1 atom stereocenters. The van der Waals surface area contributed by atoms with Crippen LogP contribution < -0.4 is 0 Å². The summed E-state index contributed by atoms with van der Waals surface area (Å²) in [5.41, 5.74) is 0. The summed E-state index contributed by atoms with van der Waals surface area (Å²) in [4.78, 5) is 2.45. The van der Waals surface area contributed by atoms with E-state index in [1.165, 1.54) is 45.2 Å². The van der Waals surface area contributed by atoms with Crippen LogP contribution >= 0.6 is 0 Å². The minimum Gasteiger partial charge on any atom is -0.394 e. The average Bonchev–Trinajstić information content (AvgIpc) is 2.49. The lowest BCUT2D eigenvalue weighted by atomic mass is 9.95. The van der Waals surface area contributed by atoms with Crippen molar-refractivity contribution < 1.29 is 9.84 Å². The van der Waals surface area contributed by atoms with Gasteiger partial charge in [0.25, 0.3) is 0 Å². The van der Waals surface area contributed by atoms with Crippen LogP contribution in [0.15, 0.2) is 0 Å². The second-order valence-electron chi connectivity index (χ2n) is 4.93. The van der Waals surface area contributed by atoms with Crippen LogP contribution in [-0.2, 0) is 4.74 Å². The van der Waals surface area contributed by atoms with Gasteiger partial charge in [0.15, 0.2) is 0 Å². The van der Waals surface area contributed by atoms with Crippen LogP contribution in [0.3, 0.4) is 0 Å². The number of likely N-dealkylation sites (tertiary alicyclic amines) is 1. The largest absolute Gasteiger partial charge is 0.394 e. The molecular formula is C13H27NO2. The zero-order valence-corrected chi connectivity index (χ0v) is 10.7. The van der Waals surface area contributed by atoms with Gasteiger partial charge >= 0.3 is 0 Å². The predicted molar refractivity (Wildman–Crippen MR) is 66.6 cm³/mol. The van der Waals surface area contributed by atoms with Crippen molar-refractivity contribution in [1.29, 1.82) is 0 Å². The SMILES string of the molecule is CN1CCCC(CCCCOCCO)CC1. The van der Waals surface area contributed by atoms with Gasteiger partial charge in [-0.3, -0.25) is 0 Å². The molecule has 1 rings (SSSR count). The second kappa shape index (κ2) is 8.97. The van der Waals surface area contributed by atoms with Gasteiger partial charge in [0.2, 0.25) is 0 Å². The average molecular weight is 229 g/mol. The smallest absolute Gasteiger partial charge is 0.0697 e. The lowest BCUT2D eigenvalue weighted by molar-refractivity contribution is 0.0889. The quantitative estimate of drug-likeness (QED) is 0.677. The van der Waals surface area contributed by atoms with Crippen LogP contribution in [0.2, 0.25) is 0 Å². The Balaban J connectivity index is 1.95. The lowest BCUT2D eigenvalue weighted by Crippen LogP contribution is -2.18. The van der Waals surface area contributed by atoms with E-state index < -0.39 is 0 Å². The Kier molecular flexibility index (Phi) is 7.81. The van der Waals surface area contributed by atoms with Crippen molar-refractivity contribution in [3.63, 3.8) is 0 Å². The number of unbranched alkanes of at least 4 members (excludes halogenated alkanes) is 1. The van der Waals surface area contributed by atoms with Gasteiger partial charge in [-0.1, -0.05) is 12.8 Å². The predicted octanol–water partition coefficient (Wildman–Crippen LogP) is 1.90. The minimum atomic E-state index is 0.148. The maximum Gasteiger partial charge on any atom is 0.0697 e. The summed E-state index contributed by atoms with van der Waals surface area (Å²) >= 11 is 0. The van der Waals surface area contributed by atoms with E-state index in [1.807, 2.05) is 0 Å². The number of hydrogen-bond acceptors (Lipinski definition) is 3. The Labute approximate surface area is 99.8 Å². The van der Waals surface area contributed by atoms with Gasteiger partial charge in [-0.2, -0.15) is 0 Å². The molecule has 0 radical (unpaired) electrons. The highest BCUT2D eigenvalue weighted by atomic mass is 16.5. The molecule has 1 aliphatic rings. The summed E-state index contributed by atoms with van der Waals surface area (Å²) < 4.78 is 5.26. The van der Waals surface area contributed by atoms with Crippen molar-refractivity contribution >= 4 is 0 Å². The van der Waals surface area contributed by atoms with Gasteiger partial charge < -0.3 is 14.7 Å². The monoisotopic (exact) mass is 229 g/mol. The maximum absolute atomic E-state index is 8.55. The molecule has 96 valence electrons. The van der Waals surface area contributed by atoms with E-state index in [2.05, 4.69) is 11.9 Å². The number of hydrogen-bond donors (Lipinski definition) is 1. The van der Waals surface area contributed by atoms with Crippen LogP contribution in [0, 0.1) is 5.92 Å². The third kappa shape index (κ3) is 6.46. The zero-order chi connectivity index (χ0) is 11.6. The molecular weight excluding hydrogens is 202 g/mol. The molecule has 0 aliphatic carbocycles. The van der Waals surface area contributed by atoms with E-state index in [0.717, 1.165) is 18.9 Å². The molecule has 1 fully saturated rings. The molecule has 0 spiro atoms. The molecule has 16 heavy (non-hydrogen) atoms. The molecule has 1 aliphatic heterocycles. The molecule has 0 saturated carbocycles. The van der Waals surface area contributed by atoms with Crippen LogP contribution in [0.25, 0.3) is 0 Å². The molecule has 1 heterocycles. The Hall–Kier alpha value is -0.120. The molecule has 3 nitrogen and oxygen atoms in total. The van der Waals surface area contributed by atoms with E-state index in [1.54, 1.807) is 0 Å². The molecule has 0 aromatic carbocycles. The van der Waals surface area contributed by atoms with Gasteiger partial charge in [-0.05, 0) is 51.7 Å². The Morgan fingerprint density at radius 3 is 2.88 bits per heavy atom. The number of aliphatic hydroxyl groups is 1. The van der Waals surface area contributed by atoms with Gasteiger partial charge in [0, 0.05) is 6.61 Å². The highest BCUT2D eigenvalue weighted by molar-refractivity contribution is 4.68. The van der Waals surface area contributed by atoms with Gasteiger partial charge in [0.1, 0.15) is 0 Å². The van der Waals surface area contributed by atoms with Crippen molar-refractivity contribution in [3.8, 4) is 0 Å². The van der Waals surface area contributed by atoms with E-state index in [9.17, 15) is 0 Å². The van der Waals surface area contributed by atoms with Gasteiger partial charge in [-0.15, -0.1) is 0 Å². The van der Waals surface area contributed by atoms with Crippen molar-refractivity contribution in [2.45, 2.75) is 38.5 Å².